The van der Waals surface area contributed by atoms with E-state index in [0.29, 0.717) is 5.75 Å². The van der Waals surface area contributed by atoms with Gasteiger partial charge in [-0.15, -0.1) is 0 Å². The lowest BCUT2D eigenvalue weighted by molar-refractivity contribution is 0.423. The molecule has 4 heteroatoms. The van der Waals surface area contributed by atoms with Gasteiger partial charge in [0.25, 0.3) is 0 Å². The van der Waals surface area contributed by atoms with Crippen LogP contribution in [0.2, 0.25) is 0 Å². The number of aromatic nitrogens is 3. The van der Waals surface area contributed by atoms with E-state index >= 15 is 0 Å². The first-order chi connectivity index (χ1) is 11.5. The monoisotopic (exact) mass is 337 g/mol. The van der Waals surface area contributed by atoms with Gasteiger partial charge in [0.1, 0.15) is 17.1 Å². The van der Waals surface area contributed by atoms with Crippen molar-refractivity contribution < 1.29 is 5.11 Å². The number of hydrogen-bond donors (Lipinski definition) is 1. The van der Waals surface area contributed by atoms with Gasteiger partial charge in [-0.1, -0.05) is 41.5 Å². The Morgan fingerprint density at radius 1 is 0.960 bits per heavy atom. The fraction of sp³-hybridized carbons (Fsp3) is 0.429. The minimum atomic E-state index is -0.160. The Labute approximate surface area is 149 Å². The fourth-order valence-corrected chi connectivity index (χ4v) is 3.22. The first-order valence-electron chi connectivity index (χ1n) is 8.65. The van der Waals surface area contributed by atoms with Gasteiger partial charge in [-0.2, -0.15) is 0 Å². The van der Waals surface area contributed by atoms with E-state index in [0.717, 1.165) is 33.5 Å². The van der Waals surface area contributed by atoms with Crippen LogP contribution in [0.4, 0.5) is 0 Å². The van der Waals surface area contributed by atoms with Gasteiger partial charge >= 0.3 is 0 Å². The average molecular weight is 337 g/mol. The van der Waals surface area contributed by atoms with Crippen molar-refractivity contribution in [2.45, 2.75) is 52.4 Å². The van der Waals surface area contributed by atoms with Crippen molar-refractivity contribution in [3.8, 4) is 17.1 Å². The molecule has 2 aromatic heterocycles. The lowest BCUT2D eigenvalue weighted by Gasteiger charge is -2.28. The molecule has 132 valence electrons. The number of rotatable bonds is 1. The van der Waals surface area contributed by atoms with E-state index in [1.165, 1.54) is 0 Å². The Hall–Kier alpha value is -2.36. The molecule has 0 spiro atoms. The van der Waals surface area contributed by atoms with Crippen molar-refractivity contribution in [3.05, 3.63) is 41.7 Å². The molecule has 3 rings (SSSR count). The van der Waals surface area contributed by atoms with Crippen molar-refractivity contribution in [2.75, 3.05) is 0 Å². The lowest BCUT2D eigenvalue weighted by Crippen LogP contribution is -2.17. The third-order valence-electron chi connectivity index (χ3n) is 4.67. The van der Waals surface area contributed by atoms with Gasteiger partial charge in [0, 0.05) is 29.9 Å². The van der Waals surface area contributed by atoms with Crippen LogP contribution in [0.3, 0.4) is 0 Å². The molecule has 0 unspecified atom stereocenters. The molecule has 0 saturated heterocycles. The molecule has 3 aromatic rings. The maximum Gasteiger partial charge on any atom is 0.140 e. The zero-order chi connectivity index (χ0) is 18.6. The van der Waals surface area contributed by atoms with Crippen LogP contribution >= 0.6 is 0 Å². The van der Waals surface area contributed by atoms with Crippen LogP contribution < -0.4 is 0 Å². The van der Waals surface area contributed by atoms with Crippen LogP contribution in [0.5, 0.6) is 5.75 Å². The Kier molecular flexibility index (Phi) is 3.90. The average Bonchev–Trinajstić information content (AvgIpc) is 2.83. The number of aryl methyl sites for hydroxylation is 1. The number of fused-ring (bicyclic) bond motifs is 1. The van der Waals surface area contributed by atoms with Crippen LogP contribution in [0.25, 0.3) is 22.4 Å². The Balaban J connectivity index is 2.34. The molecule has 0 aliphatic heterocycles. The van der Waals surface area contributed by atoms with Gasteiger partial charge in [0.05, 0.1) is 11.7 Å². The molecule has 0 bridgehead atoms. The first-order valence-corrected chi connectivity index (χ1v) is 8.65. The molecular formula is C21H27N3O. The molecule has 0 amide bonds. The van der Waals surface area contributed by atoms with Gasteiger partial charge in [-0.25, -0.2) is 4.98 Å². The second-order valence-corrected chi connectivity index (χ2v) is 8.78. The molecule has 1 N–H and O–H groups in total. The Bertz CT molecular complexity index is 905. The molecule has 0 saturated carbocycles. The lowest BCUT2D eigenvalue weighted by atomic mass is 9.78. The number of phenols is 1. The third kappa shape index (κ3) is 3.01. The summed E-state index contributed by atoms with van der Waals surface area (Å²) < 4.78 is 2.09. The number of nitrogens with zero attached hydrogens (tertiary/aromatic N) is 3. The van der Waals surface area contributed by atoms with Crippen molar-refractivity contribution in [3.63, 3.8) is 0 Å². The highest BCUT2D eigenvalue weighted by Crippen LogP contribution is 2.42. The van der Waals surface area contributed by atoms with Gasteiger partial charge in [0.15, 0.2) is 0 Å². The van der Waals surface area contributed by atoms with Crippen molar-refractivity contribution in [1.29, 1.82) is 0 Å². The number of aromatic hydroxyl groups is 1. The molecule has 0 fully saturated rings. The molecular weight excluding hydrogens is 310 g/mol. The summed E-state index contributed by atoms with van der Waals surface area (Å²) in [6.07, 6.45) is 3.57. The zero-order valence-corrected chi connectivity index (χ0v) is 16.2. The molecule has 0 radical (unpaired) electrons. The van der Waals surface area contributed by atoms with E-state index in [2.05, 4.69) is 63.2 Å². The molecule has 4 nitrogen and oxygen atoms in total. The first kappa shape index (κ1) is 17.5. The summed E-state index contributed by atoms with van der Waals surface area (Å²) in [4.78, 5) is 8.95. The SMILES string of the molecule is Cn1c(-c2cc(C(C)(C)C)c(O)c(C(C)(C)C)c2)nc2cnccc21. The summed E-state index contributed by atoms with van der Waals surface area (Å²) in [5, 5.41) is 10.9. The molecule has 1 aromatic carbocycles. The molecule has 0 aliphatic rings. The van der Waals surface area contributed by atoms with E-state index in [1.807, 2.05) is 13.1 Å². The third-order valence-corrected chi connectivity index (χ3v) is 4.67. The van der Waals surface area contributed by atoms with E-state index < -0.39 is 0 Å². The fourth-order valence-electron chi connectivity index (χ4n) is 3.22. The summed E-state index contributed by atoms with van der Waals surface area (Å²) in [6, 6.07) is 6.11. The highest BCUT2D eigenvalue weighted by molar-refractivity contribution is 5.80. The predicted octanol–water partition coefficient (Wildman–Crippen LogP) is 4.94. The minimum absolute atomic E-state index is 0.160. The minimum Gasteiger partial charge on any atom is -0.507 e. The van der Waals surface area contributed by atoms with Crippen LogP contribution in [-0.2, 0) is 17.9 Å². The molecule has 0 aliphatic carbocycles. The highest BCUT2D eigenvalue weighted by atomic mass is 16.3. The normalized spacial score (nSPS) is 12.8. The largest absolute Gasteiger partial charge is 0.507 e. The summed E-state index contributed by atoms with van der Waals surface area (Å²) in [7, 11) is 2.02. The van der Waals surface area contributed by atoms with Crippen molar-refractivity contribution >= 4 is 11.0 Å². The molecule has 2 heterocycles. The summed E-state index contributed by atoms with van der Waals surface area (Å²) in [5.74, 6) is 1.28. The summed E-state index contributed by atoms with van der Waals surface area (Å²) in [5.41, 5.74) is 4.51. The predicted molar refractivity (Wildman–Crippen MR) is 103 cm³/mol. The topological polar surface area (TPSA) is 50.9 Å². The number of benzene rings is 1. The maximum atomic E-state index is 10.9. The zero-order valence-electron chi connectivity index (χ0n) is 16.2. The van der Waals surface area contributed by atoms with Crippen LogP contribution in [0.15, 0.2) is 30.6 Å². The number of imidazole rings is 1. The van der Waals surface area contributed by atoms with Crippen molar-refractivity contribution in [1.82, 2.24) is 14.5 Å². The van der Waals surface area contributed by atoms with E-state index in [1.54, 1.807) is 12.4 Å². The Morgan fingerprint density at radius 2 is 1.52 bits per heavy atom. The van der Waals surface area contributed by atoms with Crippen LogP contribution in [0, 0.1) is 0 Å². The van der Waals surface area contributed by atoms with Crippen LogP contribution in [-0.4, -0.2) is 19.6 Å². The Morgan fingerprint density at radius 3 is 2.00 bits per heavy atom. The van der Waals surface area contributed by atoms with E-state index in [-0.39, 0.29) is 10.8 Å². The van der Waals surface area contributed by atoms with Crippen LogP contribution in [0.1, 0.15) is 52.7 Å². The van der Waals surface area contributed by atoms with Crippen molar-refractivity contribution in [2.24, 2.45) is 7.05 Å². The summed E-state index contributed by atoms with van der Waals surface area (Å²) >= 11 is 0. The summed E-state index contributed by atoms with van der Waals surface area (Å²) in [6.45, 7) is 12.7. The standard InChI is InChI=1S/C21H27N3O/c1-20(2,3)14-10-13(11-15(18(14)25)21(4,5)6)19-23-16-12-22-9-8-17(16)24(19)7/h8-12,25H,1-7H3. The maximum absolute atomic E-state index is 10.9. The van der Waals surface area contributed by atoms with Gasteiger partial charge in [-0.05, 0) is 29.0 Å². The number of pyridine rings is 1. The molecule has 0 atom stereocenters. The quantitative estimate of drug-likeness (QED) is 0.684. The smallest absolute Gasteiger partial charge is 0.140 e. The number of phenolic OH excluding ortho intramolecular Hbond substituents is 1. The number of hydrogen-bond acceptors (Lipinski definition) is 3. The van der Waals surface area contributed by atoms with Gasteiger partial charge in [-0.3, -0.25) is 4.98 Å². The van der Waals surface area contributed by atoms with E-state index in [4.69, 9.17) is 4.98 Å². The second-order valence-electron chi connectivity index (χ2n) is 8.78. The van der Waals surface area contributed by atoms with Gasteiger partial charge in [0.2, 0.25) is 0 Å². The second kappa shape index (κ2) is 5.58. The molecule has 25 heavy (non-hydrogen) atoms. The van der Waals surface area contributed by atoms with Gasteiger partial charge < -0.3 is 9.67 Å². The van der Waals surface area contributed by atoms with E-state index in [9.17, 15) is 5.11 Å². The highest BCUT2D eigenvalue weighted by Gasteiger charge is 2.27.